The number of rotatable bonds is 7. The molecule has 1 N–H and O–H groups in total. The van der Waals surface area contributed by atoms with E-state index in [4.69, 9.17) is 14.4 Å². The van der Waals surface area contributed by atoms with E-state index in [1.165, 1.54) is 12.8 Å². The lowest BCUT2D eigenvalue weighted by Gasteiger charge is -2.06. The first-order chi connectivity index (χ1) is 9.76. The fraction of sp³-hybridized carbons (Fsp3) is 0.438. The summed E-state index contributed by atoms with van der Waals surface area (Å²) in [6, 6.07) is 7.76. The first kappa shape index (κ1) is 14.6. The van der Waals surface area contributed by atoms with Crippen molar-refractivity contribution in [3.05, 3.63) is 35.5 Å². The minimum absolute atomic E-state index is 0.103. The van der Waals surface area contributed by atoms with Crippen molar-refractivity contribution in [2.24, 2.45) is 0 Å². The molecule has 0 radical (unpaired) electrons. The van der Waals surface area contributed by atoms with Crippen molar-refractivity contribution in [2.75, 3.05) is 6.61 Å². The maximum absolute atomic E-state index is 9.12. The third-order valence-electron chi connectivity index (χ3n) is 3.30. The van der Waals surface area contributed by atoms with Gasteiger partial charge in [0.05, 0.1) is 13.2 Å². The molecule has 0 amide bonds. The summed E-state index contributed by atoms with van der Waals surface area (Å²) in [5, 5.41) is 13.0. The Morgan fingerprint density at radius 3 is 2.55 bits per heavy atom. The summed E-state index contributed by atoms with van der Waals surface area (Å²) in [6.45, 7) is 4.72. The Balaban J connectivity index is 2.02. The Bertz CT molecular complexity index is 531. The van der Waals surface area contributed by atoms with Crippen LogP contribution in [-0.4, -0.2) is 16.9 Å². The summed E-state index contributed by atoms with van der Waals surface area (Å²) in [5.41, 5.74) is 2.40. The zero-order chi connectivity index (χ0) is 14.4. The molecule has 1 aromatic carbocycles. The second kappa shape index (κ2) is 7.10. The van der Waals surface area contributed by atoms with Crippen molar-refractivity contribution < 1.29 is 14.4 Å². The Morgan fingerprint density at radius 1 is 1.20 bits per heavy atom. The van der Waals surface area contributed by atoms with Crippen LogP contribution in [0.2, 0.25) is 0 Å². The van der Waals surface area contributed by atoms with Gasteiger partial charge in [0.15, 0.2) is 5.76 Å². The molecule has 0 saturated heterocycles. The monoisotopic (exact) mass is 275 g/mol. The standard InChI is InChI=1S/C16H21NO3/c1-3-4-5-10-19-14-8-6-13(7-9-14)16-12(2)15(11-18)17-20-16/h6-9,18H,3-5,10-11H2,1-2H3. The highest BCUT2D eigenvalue weighted by Crippen LogP contribution is 2.27. The average molecular weight is 275 g/mol. The summed E-state index contributed by atoms with van der Waals surface area (Å²) in [5.74, 6) is 1.57. The maximum atomic E-state index is 9.12. The van der Waals surface area contributed by atoms with Gasteiger partial charge in [-0.05, 0) is 37.6 Å². The van der Waals surface area contributed by atoms with Crippen molar-refractivity contribution in [2.45, 2.75) is 39.7 Å². The molecular formula is C16H21NO3. The van der Waals surface area contributed by atoms with Crippen molar-refractivity contribution in [1.29, 1.82) is 0 Å². The molecule has 4 heteroatoms. The molecule has 20 heavy (non-hydrogen) atoms. The molecular weight excluding hydrogens is 254 g/mol. The van der Waals surface area contributed by atoms with E-state index < -0.39 is 0 Å². The number of benzene rings is 1. The second-order valence-corrected chi connectivity index (χ2v) is 4.82. The highest BCUT2D eigenvalue weighted by Gasteiger charge is 2.12. The third-order valence-corrected chi connectivity index (χ3v) is 3.30. The number of hydrogen-bond donors (Lipinski definition) is 1. The lowest BCUT2D eigenvalue weighted by atomic mass is 10.1. The van der Waals surface area contributed by atoms with E-state index in [0.717, 1.165) is 29.9 Å². The van der Waals surface area contributed by atoms with Crippen molar-refractivity contribution in [3.8, 4) is 17.1 Å². The SMILES string of the molecule is CCCCCOc1ccc(-c2onc(CO)c2C)cc1. The smallest absolute Gasteiger partial charge is 0.170 e. The van der Waals surface area contributed by atoms with Crippen LogP contribution in [0.25, 0.3) is 11.3 Å². The molecule has 1 heterocycles. The van der Waals surface area contributed by atoms with E-state index in [-0.39, 0.29) is 6.61 Å². The molecule has 0 spiro atoms. The average Bonchev–Trinajstić information content (AvgIpc) is 2.85. The van der Waals surface area contributed by atoms with E-state index in [9.17, 15) is 0 Å². The van der Waals surface area contributed by atoms with Gasteiger partial charge in [-0.15, -0.1) is 0 Å². The van der Waals surface area contributed by atoms with Gasteiger partial charge in [-0.25, -0.2) is 0 Å². The van der Waals surface area contributed by atoms with Crippen LogP contribution < -0.4 is 4.74 Å². The Labute approximate surface area is 119 Å². The Kier molecular flexibility index (Phi) is 5.18. The van der Waals surface area contributed by atoms with Crippen molar-refractivity contribution >= 4 is 0 Å². The van der Waals surface area contributed by atoms with Crippen LogP contribution in [0.5, 0.6) is 5.75 Å². The number of aliphatic hydroxyl groups is 1. The molecule has 0 aliphatic rings. The first-order valence-corrected chi connectivity index (χ1v) is 7.05. The molecule has 0 aliphatic carbocycles. The fourth-order valence-electron chi connectivity index (χ4n) is 2.03. The zero-order valence-corrected chi connectivity index (χ0v) is 12.1. The molecule has 0 bridgehead atoms. The predicted molar refractivity (Wildman–Crippen MR) is 77.6 cm³/mol. The van der Waals surface area contributed by atoms with Gasteiger partial charge < -0.3 is 14.4 Å². The number of ether oxygens (including phenoxy) is 1. The van der Waals surface area contributed by atoms with Gasteiger partial charge in [-0.3, -0.25) is 0 Å². The Morgan fingerprint density at radius 2 is 1.95 bits per heavy atom. The third kappa shape index (κ3) is 3.39. The van der Waals surface area contributed by atoms with Gasteiger partial charge >= 0.3 is 0 Å². The van der Waals surface area contributed by atoms with Crippen LogP contribution in [0.4, 0.5) is 0 Å². The van der Waals surface area contributed by atoms with Crippen LogP contribution in [0.15, 0.2) is 28.8 Å². The second-order valence-electron chi connectivity index (χ2n) is 4.82. The molecule has 0 fully saturated rings. The van der Waals surface area contributed by atoms with Gasteiger partial charge in [0.1, 0.15) is 11.4 Å². The quantitative estimate of drug-likeness (QED) is 0.783. The fourth-order valence-corrected chi connectivity index (χ4v) is 2.03. The Hall–Kier alpha value is -1.81. The summed E-state index contributed by atoms with van der Waals surface area (Å²) in [6.07, 6.45) is 3.47. The van der Waals surface area contributed by atoms with E-state index in [1.807, 2.05) is 31.2 Å². The van der Waals surface area contributed by atoms with Gasteiger partial charge in [0.2, 0.25) is 0 Å². The summed E-state index contributed by atoms with van der Waals surface area (Å²) in [4.78, 5) is 0. The van der Waals surface area contributed by atoms with Gasteiger partial charge in [-0.2, -0.15) is 0 Å². The van der Waals surface area contributed by atoms with E-state index in [1.54, 1.807) is 0 Å². The molecule has 108 valence electrons. The molecule has 4 nitrogen and oxygen atoms in total. The van der Waals surface area contributed by atoms with Gasteiger partial charge in [0.25, 0.3) is 0 Å². The number of nitrogens with zero attached hydrogens (tertiary/aromatic N) is 1. The summed E-state index contributed by atoms with van der Waals surface area (Å²) in [7, 11) is 0. The minimum Gasteiger partial charge on any atom is -0.494 e. The van der Waals surface area contributed by atoms with Gasteiger partial charge in [0, 0.05) is 11.1 Å². The topological polar surface area (TPSA) is 55.5 Å². The van der Waals surface area contributed by atoms with Crippen LogP contribution in [-0.2, 0) is 6.61 Å². The van der Waals surface area contributed by atoms with Crippen LogP contribution in [0.1, 0.15) is 37.4 Å². The molecule has 0 unspecified atom stereocenters. The molecule has 0 saturated carbocycles. The highest BCUT2D eigenvalue weighted by atomic mass is 16.5. The molecule has 0 atom stereocenters. The van der Waals surface area contributed by atoms with Crippen LogP contribution in [0.3, 0.4) is 0 Å². The summed E-state index contributed by atoms with van der Waals surface area (Å²) >= 11 is 0. The zero-order valence-electron chi connectivity index (χ0n) is 12.1. The van der Waals surface area contributed by atoms with Crippen LogP contribution in [0, 0.1) is 6.92 Å². The molecule has 1 aromatic heterocycles. The van der Waals surface area contributed by atoms with E-state index >= 15 is 0 Å². The van der Waals surface area contributed by atoms with Gasteiger partial charge in [-0.1, -0.05) is 24.9 Å². The number of unbranched alkanes of at least 4 members (excludes halogenated alkanes) is 2. The largest absolute Gasteiger partial charge is 0.494 e. The minimum atomic E-state index is -0.103. The highest BCUT2D eigenvalue weighted by molar-refractivity contribution is 5.62. The van der Waals surface area contributed by atoms with E-state index in [0.29, 0.717) is 11.5 Å². The predicted octanol–water partition coefficient (Wildman–Crippen LogP) is 3.71. The van der Waals surface area contributed by atoms with Crippen molar-refractivity contribution in [1.82, 2.24) is 5.16 Å². The summed E-state index contributed by atoms with van der Waals surface area (Å²) < 4.78 is 10.9. The molecule has 0 aliphatic heterocycles. The lowest BCUT2D eigenvalue weighted by molar-refractivity contribution is 0.266. The lowest BCUT2D eigenvalue weighted by Crippen LogP contribution is -1.96. The molecule has 2 rings (SSSR count). The normalized spacial score (nSPS) is 10.8. The number of aliphatic hydroxyl groups excluding tert-OH is 1. The maximum Gasteiger partial charge on any atom is 0.170 e. The van der Waals surface area contributed by atoms with Crippen molar-refractivity contribution in [3.63, 3.8) is 0 Å². The number of aromatic nitrogens is 1. The first-order valence-electron chi connectivity index (χ1n) is 7.05. The van der Waals surface area contributed by atoms with Crippen LogP contribution >= 0.6 is 0 Å². The molecule has 2 aromatic rings. The number of hydrogen-bond acceptors (Lipinski definition) is 4. The van der Waals surface area contributed by atoms with E-state index in [2.05, 4.69) is 12.1 Å².